The molecular weight excluding hydrogens is 277 g/mol. The van der Waals surface area contributed by atoms with Crippen LogP contribution in [-0.4, -0.2) is 19.5 Å². The lowest BCUT2D eigenvalue weighted by Gasteiger charge is -2.05. The van der Waals surface area contributed by atoms with E-state index in [-0.39, 0.29) is 22.1 Å². The quantitative estimate of drug-likeness (QED) is 0.508. The Labute approximate surface area is 108 Å². The maximum absolute atomic E-state index is 12.7. The van der Waals surface area contributed by atoms with Gasteiger partial charge in [0.05, 0.1) is 10.3 Å². The molecule has 1 aromatic carbocycles. The highest BCUT2D eigenvalue weighted by Crippen LogP contribution is 2.32. The van der Waals surface area contributed by atoms with Crippen molar-refractivity contribution in [2.45, 2.75) is 6.18 Å². The number of nitrogens with zero attached hydrogens (tertiary/aromatic N) is 4. The van der Waals surface area contributed by atoms with Gasteiger partial charge in [0, 0.05) is 17.6 Å². The summed E-state index contributed by atoms with van der Waals surface area (Å²) in [7, 11) is 0. The number of non-ortho nitro benzene ring substituents is 1. The number of hydrogen-bond donors (Lipinski definition) is 0. The lowest BCUT2D eigenvalue weighted by atomic mass is 10.1. The van der Waals surface area contributed by atoms with Gasteiger partial charge in [0.15, 0.2) is 5.65 Å². The van der Waals surface area contributed by atoms with Crippen molar-refractivity contribution in [3.8, 4) is 0 Å². The number of hydrogen-bond acceptors (Lipinski definition) is 4. The highest BCUT2D eigenvalue weighted by atomic mass is 19.4. The van der Waals surface area contributed by atoms with E-state index >= 15 is 0 Å². The Kier molecular flexibility index (Phi) is 2.40. The third-order valence-electron chi connectivity index (χ3n) is 2.86. The van der Waals surface area contributed by atoms with E-state index in [1.165, 1.54) is 24.3 Å². The van der Waals surface area contributed by atoms with Gasteiger partial charge in [-0.1, -0.05) is 12.1 Å². The highest BCUT2D eigenvalue weighted by molar-refractivity contribution is 5.99. The van der Waals surface area contributed by atoms with E-state index in [0.717, 1.165) is 10.6 Å². The van der Waals surface area contributed by atoms with Crippen LogP contribution < -0.4 is 0 Å². The van der Waals surface area contributed by atoms with Gasteiger partial charge in [-0.05, 0) is 6.07 Å². The molecule has 0 fully saturated rings. The Balaban J connectivity index is 2.42. The van der Waals surface area contributed by atoms with Gasteiger partial charge in [0.1, 0.15) is 0 Å². The second kappa shape index (κ2) is 3.89. The van der Waals surface area contributed by atoms with Crippen LogP contribution >= 0.6 is 0 Å². The molecule has 20 heavy (non-hydrogen) atoms. The van der Waals surface area contributed by atoms with Crippen LogP contribution in [0.5, 0.6) is 0 Å². The van der Waals surface area contributed by atoms with Crippen molar-refractivity contribution < 1.29 is 18.1 Å². The van der Waals surface area contributed by atoms with Crippen molar-refractivity contribution in [3.05, 3.63) is 46.4 Å². The lowest BCUT2D eigenvalue weighted by Crippen LogP contribution is -2.10. The Morgan fingerprint density at radius 1 is 1.15 bits per heavy atom. The molecule has 3 rings (SSSR count). The number of alkyl halides is 3. The van der Waals surface area contributed by atoms with Gasteiger partial charge in [0.2, 0.25) is 5.82 Å². The zero-order valence-electron chi connectivity index (χ0n) is 9.63. The van der Waals surface area contributed by atoms with Crippen LogP contribution in [-0.2, 0) is 6.18 Å². The summed E-state index contributed by atoms with van der Waals surface area (Å²) in [4.78, 5) is 10.3. The number of benzene rings is 1. The fourth-order valence-corrected chi connectivity index (χ4v) is 2.04. The van der Waals surface area contributed by atoms with E-state index in [1.54, 1.807) is 0 Å². The van der Waals surface area contributed by atoms with Gasteiger partial charge in [-0.2, -0.15) is 13.2 Å². The van der Waals surface area contributed by atoms with Crippen LogP contribution in [0.1, 0.15) is 5.82 Å². The molecule has 3 aromatic rings. The van der Waals surface area contributed by atoms with Crippen LogP contribution in [0.25, 0.3) is 16.4 Å². The van der Waals surface area contributed by atoms with Crippen molar-refractivity contribution in [3.63, 3.8) is 0 Å². The van der Waals surface area contributed by atoms with Crippen LogP contribution in [0.4, 0.5) is 18.9 Å². The van der Waals surface area contributed by atoms with Crippen LogP contribution in [0.15, 0.2) is 30.5 Å². The molecule has 0 N–H and O–H groups in total. The predicted molar refractivity (Wildman–Crippen MR) is 62.1 cm³/mol. The molecule has 0 saturated heterocycles. The van der Waals surface area contributed by atoms with E-state index < -0.39 is 16.9 Å². The smallest absolute Gasteiger partial charge is 0.278 e. The number of aromatic nitrogens is 3. The summed E-state index contributed by atoms with van der Waals surface area (Å²) in [6.07, 6.45) is -3.57. The minimum atomic E-state index is -4.65. The summed E-state index contributed by atoms with van der Waals surface area (Å²) >= 11 is 0. The first kappa shape index (κ1) is 12.3. The monoisotopic (exact) mass is 282 g/mol. The Morgan fingerprint density at radius 2 is 1.90 bits per heavy atom. The molecule has 9 heteroatoms. The Morgan fingerprint density at radius 3 is 2.55 bits per heavy atom. The first-order chi connectivity index (χ1) is 9.39. The van der Waals surface area contributed by atoms with Crippen LogP contribution in [0, 0.1) is 10.1 Å². The molecule has 0 unspecified atom stereocenters. The summed E-state index contributed by atoms with van der Waals surface area (Å²) in [6, 6.07) is 5.38. The molecule has 102 valence electrons. The third kappa shape index (κ3) is 1.67. The molecule has 0 aliphatic rings. The summed E-state index contributed by atoms with van der Waals surface area (Å²) < 4.78 is 39.0. The zero-order valence-corrected chi connectivity index (χ0v) is 9.63. The maximum Gasteiger partial charge on any atom is 0.452 e. The molecule has 0 bridgehead atoms. The molecule has 6 nitrogen and oxygen atoms in total. The minimum Gasteiger partial charge on any atom is -0.278 e. The number of nitro groups is 1. The van der Waals surface area contributed by atoms with Crippen molar-refractivity contribution >= 4 is 22.1 Å². The van der Waals surface area contributed by atoms with Crippen LogP contribution in [0.2, 0.25) is 0 Å². The van der Waals surface area contributed by atoms with Crippen molar-refractivity contribution in [2.75, 3.05) is 0 Å². The first-order valence-corrected chi connectivity index (χ1v) is 5.37. The first-order valence-electron chi connectivity index (χ1n) is 5.37. The normalized spacial score (nSPS) is 12.2. The molecule has 0 atom stereocenters. The largest absolute Gasteiger partial charge is 0.452 e. The highest BCUT2D eigenvalue weighted by Gasteiger charge is 2.37. The zero-order chi connectivity index (χ0) is 14.5. The molecule has 0 saturated carbocycles. The van der Waals surface area contributed by atoms with Crippen LogP contribution in [0.3, 0.4) is 0 Å². The van der Waals surface area contributed by atoms with E-state index in [2.05, 4.69) is 10.2 Å². The molecular formula is C11H5F3N4O2. The van der Waals surface area contributed by atoms with E-state index in [9.17, 15) is 23.3 Å². The second-order valence-corrected chi connectivity index (χ2v) is 4.03. The summed E-state index contributed by atoms with van der Waals surface area (Å²) in [5.74, 6) is -1.17. The van der Waals surface area contributed by atoms with Gasteiger partial charge in [-0.25, -0.2) is 0 Å². The predicted octanol–water partition coefficient (Wildman–Crippen LogP) is 2.81. The summed E-state index contributed by atoms with van der Waals surface area (Å²) in [5, 5.41) is 17.9. The fraction of sp³-hybridized carbons (Fsp3) is 0.0909. The van der Waals surface area contributed by atoms with Gasteiger partial charge in [-0.3, -0.25) is 14.5 Å². The Bertz CT molecular complexity index is 841. The molecule has 0 spiro atoms. The molecule has 0 radical (unpaired) electrons. The fourth-order valence-electron chi connectivity index (χ4n) is 2.04. The Hall–Kier alpha value is -2.71. The number of rotatable bonds is 1. The molecule has 2 heterocycles. The SMILES string of the molecule is O=[N+]([O-])c1cccc2c1ccn1c(C(F)(F)F)nnc21. The van der Waals surface area contributed by atoms with Crippen molar-refractivity contribution in [1.29, 1.82) is 0 Å². The van der Waals surface area contributed by atoms with Gasteiger partial charge in [-0.15, -0.1) is 10.2 Å². The van der Waals surface area contributed by atoms with Gasteiger partial charge in [0.25, 0.3) is 5.69 Å². The van der Waals surface area contributed by atoms with Crippen molar-refractivity contribution in [1.82, 2.24) is 14.6 Å². The van der Waals surface area contributed by atoms with E-state index in [4.69, 9.17) is 0 Å². The number of pyridine rings is 1. The second-order valence-electron chi connectivity index (χ2n) is 4.03. The summed E-state index contributed by atoms with van der Waals surface area (Å²) in [5.41, 5.74) is -0.264. The van der Waals surface area contributed by atoms with Gasteiger partial charge >= 0.3 is 6.18 Å². The average Bonchev–Trinajstić information content (AvgIpc) is 2.81. The lowest BCUT2D eigenvalue weighted by molar-refractivity contribution is -0.383. The van der Waals surface area contributed by atoms with Gasteiger partial charge < -0.3 is 0 Å². The maximum atomic E-state index is 12.7. The number of nitro benzene ring substituents is 1. The van der Waals surface area contributed by atoms with E-state index in [0.29, 0.717) is 0 Å². The van der Waals surface area contributed by atoms with E-state index in [1.807, 2.05) is 0 Å². The minimum absolute atomic E-state index is 0.0708. The molecule has 0 aliphatic heterocycles. The molecule has 0 aliphatic carbocycles. The standard InChI is InChI=1S/C11H5F3N4O2/c12-11(13,14)10-16-15-9-7-2-1-3-8(18(19)20)6(7)4-5-17(9)10/h1-5H. The average molecular weight is 282 g/mol. The van der Waals surface area contributed by atoms with Crippen molar-refractivity contribution in [2.24, 2.45) is 0 Å². The summed E-state index contributed by atoms with van der Waals surface area (Å²) in [6.45, 7) is 0. The molecule has 0 amide bonds. The third-order valence-corrected chi connectivity index (χ3v) is 2.86. The number of halogens is 3. The number of fused-ring (bicyclic) bond motifs is 3. The topological polar surface area (TPSA) is 73.3 Å². The molecule has 2 aromatic heterocycles.